The number of carbonyl (C=O) groups excluding carboxylic acids is 4. The van der Waals surface area contributed by atoms with Crippen molar-refractivity contribution in [1.82, 2.24) is 20.9 Å². The first-order chi connectivity index (χ1) is 21.2. The van der Waals surface area contributed by atoms with E-state index in [-0.39, 0.29) is 55.7 Å². The van der Waals surface area contributed by atoms with Crippen molar-refractivity contribution in [3.8, 4) is 23.0 Å². The number of phenolic OH excluding ortho intramolecular Hbond substituents is 1. The Labute approximate surface area is 255 Å². The highest BCUT2D eigenvalue weighted by Crippen LogP contribution is 2.19. The van der Waals surface area contributed by atoms with E-state index >= 15 is 0 Å². The van der Waals surface area contributed by atoms with E-state index in [0.29, 0.717) is 17.1 Å². The number of hydrogen-bond acceptors (Lipinski definition) is 8. The SMILES string of the molecule is COc1ccc(OCCNC(=O)[C@@H]2CC(=O)N[C@@H](Cc3ccc(O)cc3)C(=O)N(C)CCOc3ccccc3C(=O)N2)cc1. The van der Waals surface area contributed by atoms with E-state index in [2.05, 4.69) is 16.0 Å². The number of amides is 4. The lowest BCUT2D eigenvalue weighted by molar-refractivity contribution is -0.136. The van der Waals surface area contributed by atoms with Gasteiger partial charge in [-0.2, -0.15) is 0 Å². The van der Waals surface area contributed by atoms with Gasteiger partial charge in [-0.15, -0.1) is 0 Å². The van der Waals surface area contributed by atoms with Crippen molar-refractivity contribution < 1.29 is 38.5 Å². The van der Waals surface area contributed by atoms with Gasteiger partial charge in [-0.25, -0.2) is 0 Å². The maximum atomic E-state index is 13.4. The summed E-state index contributed by atoms with van der Waals surface area (Å²) in [5, 5.41) is 17.7. The van der Waals surface area contributed by atoms with Gasteiger partial charge in [0.25, 0.3) is 5.91 Å². The molecule has 12 nitrogen and oxygen atoms in total. The van der Waals surface area contributed by atoms with Crippen LogP contribution in [0.3, 0.4) is 0 Å². The van der Waals surface area contributed by atoms with Crippen LogP contribution in [-0.4, -0.2) is 86.2 Å². The average Bonchev–Trinajstić information content (AvgIpc) is 3.03. The lowest BCUT2D eigenvalue weighted by Gasteiger charge is -2.27. The molecule has 3 aromatic carbocycles. The second-order valence-corrected chi connectivity index (χ2v) is 10.1. The zero-order chi connectivity index (χ0) is 31.5. The molecule has 0 radical (unpaired) electrons. The fraction of sp³-hybridized carbons (Fsp3) is 0.312. The first kappa shape index (κ1) is 31.7. The predicted molar refractivity (Wildman–Crippen MR) is 161 cm³/mol. The third-order valence-corrected chi connectivity index (χ3v) is 6.94. The summed E-state index contributed by atoms with van der Waals surface area (Å²) in [6.07, 6.45) is -0.284. The third kappa shape index (κ3) is 8.87. The minimum absolute atomic E-state index is 0.0728. The fourth-order valence-corrected chi connectivity index (χ4v) is 4.54. The van der Waals surface area contributed by atoms with E-state index in [4.69, 9.17) is 14.2 Å². The van der Waals surface area contributed by atoms with Gasteiger partial charge in [0.1, 0.15) is 48.3 Å². The molecule has 0 saturated carbocycles. The lowest BCUT2D eigenvalue weighted by Crippen LogP contribution is -2.53. The number of nitrogens with zero attached hydrogens (tertiary/aromatic N) is 1. The van der Waals surface area contributed by atoms with Crippen LogP contribution in [0.2, 0.25) is 0 Å². The maximum Gasteiger partial charge on any atom is 0.255 e. The van der Waals surface area contributed by atoms with Crippen LogP contribution in [0.25, 0.3) is 0 Å². The highest BCUT2D eigenvalue weighted by atomic mass is 16.5. The van der Waals surface area contributed by atoms with Crippen LogP contribution in [0, 0.1) is 0 Å². The molecular weight excluding hydrogens is 568 g/mol. The minimum Gasteiger partial charge on any atom is -0.508 e. The second-order valence-electron chi connectivity index (χ2n) is 10.1. The molecule has 4 amide bonds. The lowest BCUT2D eigenvalue weighted by atomic mass is 10.0. The number of ether oxygens (including phenoxy) is 3. The molecule has 4 rings (SSSR count). The zero-order valence-corrected chi connectivity index (χ0v) is 24.6. The Morgan fingerprint density at radius 3 is 2.43 bits per heavy atom. The van der Waals surface area contributed by atoms with Gasteiger partial charge < -0.3 is 40.2 Å². The molecule has 0 fully saturated rings. The highest BCUT2D eigenvalue weighted by Gasteiger charge is 2.30. The summed E-state index contributed by atoms with van der Waals surface area (Å²) in [6, 6.07) is 17.6. The number of benzene rings is 3. The van der Waals surface area contributed by atoms with Crippen LogP contribution in [0.15, 0.2) is 72.8 Å². The van der Waals surface area contributed by atoms with Crippen LogP contribution in [0.5, 0.6) is 23.0 Å². The number of fused-ring (bicyclic) bond motifs is 1. The number of carbonyl (C=O) groups is 4. The molecule has 3 aromatic rings. The Morgan fingerprint density at radius 2 is 1.70 bits per heavy atom. The zero-order valence-electron chi connectivity index (χ0n) is 24.6. The number of phenols is 1. The number of hydrogen-bond donors (Lipinski definition) is 4. The van der Waals surface area contributed by atoms with Crippen LogP contribution in [-0.2, 0) is 20.8 Å². The van der Waals surface area contributed by atoms with Gasteiger partial charge in [0.15, 0.2) is 0 Å². The first-order valence-corrected chi connectivity index (χ1v) is 14.1. The van der Waals surface area contributed by atoms with Crippen LogP contribution < -0.4 is 30.2 Å². The van der Waals surface area contributed by atoms with Gasteiger partial charge in [-0.05, 0) is 54.1 Å². The van der Waals surface area contributed by atoms with Gasteiger partial charge in [0, 0.05) is 13.5 Å². The van der Waals surface area contributed by atoms with Gasteiger partial charge >= 0.3 is 0 Å². The van der Waals surface area contributed by atoms with Gasteiger partial charge in [0.05, 0.1) is 32.2 Å². The summed E-state index contributed by atoms with van der Waals surface area (Å²) >= 11 is 0. The highest BCUT2D eigenvalue weighted by molar-refractivity contribution is 6.01. The van der Waals surface area contributed by atoms with Crippen molar-refractivity contribution in [2.24, 2.45) is 0 Å². The largest absolute Gasteiger partial charge is 0.508 e. The number of methoxy groups -OCH3 is 1. The molecule has 0 aromatic heterocycles. The topological polar surface area (TPSA) is 156 Å². The number of aromatic hydroxyl groups is 1. The summed E-state index contributed by atoms with van der Waals surface area (Å²) in [6.45, 7) is 0.521. The maximum absolute atomic E-state index is 13.4. The number of rotatable bonds is 8. The molecule has 12 heteroatoms. The molecule has 232 valence electrons. The summed E-state index contributed by atoms with van der Waals surface area (Å²) < 4.78 is 16.6. The quantitative estimate of drug-likeness (QED) is 0.283. The van der Waals surface area contributed by atoms with Gasteiger partial charge in [-0.3, -0.25) is 19.2 Å². The Kier molecular flexibility index (Phi) is 11.0. The van der Waals surface area contributed by atoms with Crippen molar-refractivity contribution in [1.29, 1.82) is 0 Å². The molecule has 44 heavy (non-hydrogen) atoms. The minimum atomic E-state index is -1.26. The summed E-state index contributed by atoms with van der Waals surface area (Å²) in [5.74, 6) is -0.548. The Morgan fingerprint density at radius 1 is 1.00 bits per heavy atom. The molecule has 1 aliphatic rings. The van der Waals surface area contributed by atoms with Crippen molar-refractivity contribution in [3.63, 3.8) is 0 Å². The molecule has 0 bridgehead atoms. The number of likely N-dealkylation sites (N-methyl/N-ethyl adjacent to an activating group) is 1. The molecule has 1 aliphatic heterocycles. The second kappa shape index (κ2) is 15.3. The van der Waals surface area contributed by atoms with Gasteiger partial charge in [-0.1, -0.05) is 24.3 Å². The smallest absolute Gasteiger partial charge is 0.255 e. The molecule has 4 N–H and O–H groups in total. The molecule has 0 aliphatic carbocycles. The first-order valence-electron chi connectivity index (χ1n) is 14.1. The van der Waals surface area contributed by atoms with E-state index < -0.39 is 36.2 Å². The van der Waals surface area contributed by atoms with Crippen molar-refractivity contribution >= 4 is 23.6 Å². The summed E-state index contributed by atoms with van der Waals surface area (Å²) in [7, 11) is 3.16. The molecule has 0 unspecified atom stereocenters. The average molecular weight is 605 g/mol. The number of nitrogens with one attached hydrogen (secondary N) is 3. The monoisotopic (exact) mass is 604 g/mol. The van der Waals surface area contributed by atoms with E-state index in [0.717, 1.165) is 0 Å². The van der Waals surface area contributed by atoms with Crippen LogP contribution >= 0.6 is 0 Å². The van der Waals surface area contributed by atoms with Crippen LogP contribution in [0.1, 0.15) is 22.3 Å². The van der Waals surface area contributed by atoms with Crippen molar-refractivity contribution in [2.45, 2.75) is 24.9 Å². The molecule has 0 spiro atoms. The fourth-order valence-electron chi connectivity index (χ4n) is 4.54. The van der Waals surface area contributed by atoms with Gasteiger partial charge in [0.2, 0.25) is 17.7 Å². The molecular formula is C32H36N4O8. The predicted octanol–water partition coefficient (Wildman–Crippen LogP) is 1.66. The Balaban J connectivity index is 1.50. The molecule has 0 saturated heterocycles. The van der Waals surface area contributed by atoms with E-state index in [1.165, 1.54) is 17.0 Å². The Bertz CT molecular complexity index is 1450. The van der Waals surface area contributed by atoms with E-state index in [1.807, 2.05) is 0 Å². The van der Waals surface area contributed by atoms with Crippen molar-refractivity contribution in [3.05, 3.63) is 83.9 Å². The summed E-state index contributed by atoms with van der Waals surface area (Å²) in [5.41, 5.74) is 0.894. The van der Waals surface area contributed by atoms with Crippen molar-refractivity contribution in [2.75, 3.05) is 40.5 Å². The normalized spacial score (nSPS) is 17.7. The molecule has 2 atom stereocenters. The third-order valence-electron chi connectivity index (χ3n) is 6.94. The Hall–Kier alpha value is -5.26. The van der Waals surface area contributed by atoms with E-state index in [1.54, 1.807) is 74.8 Å². The van der Waals surface area contributed by atoms with Crippen LogP contribution in [0.4, 0.5) is 0 Å². The number of para-hydroxylation sites is 1. The molecule has 1 heterocycles. The van der Waals surface area contributed by atoms with E-state index in [9.17, 15) is 24.3 Å². The summed E-state index contributed by atoms with van der Waals surface area (Å²) in [4.78, 5) is 54.7. The standard InChI is InChI=1S/C32H36N4O8/c1-36-16-18-44-28-6-4-3-5-25(28)30(39)35-26(31(40)33-15-17-43-24-13-11-23(42-2)12-14-24)20-29(38)34-27(32(36)41)19-21-7-9-22(37)10-8-21/h3-14,26-27,37H,15-20H2,1-2H3,(H,33,40)(H,34,38)(H,35,39)/t26-,27-/m0/s1.